The minimum absolute atomic E-state index is 0.112. The van der Waals surface area contributed by atoms with E-state index in [0.717, 1.165) is 11.1 Å². The highest BCUT2D eigenvalue weighted by molar-refractivity contribution is 7.48. The quantitative estimate of drug-likeness (QED) is 0.307. The summed E-state index contributed by atoms with van der Waals surface area (Å²) < 4.78 is 33.2. The highest BCUT2D eigenvalue weighted by Crippen LogP contribution is 2.48. The average Bonchev–Trinajstić information content (AvgIpc) is 2.58. The molecular formula is C18H30NO6P. The molecule has 8 heteroatoms. The van der Waals surface area contributed by atoms with Gasteiger partial charge in [0.15, 0.2) is 0 Å². The Labute approximate surface area is 156 Å². The Morgan fingerprint density at radius 1 is 1.04 bits per heavy atom. The third-order valence-electron chi connectivity index (χ3n) is 3.66. The molecule has 0 aromatic heterocycles. The highest BCUT2D eigenvalue weighted by atomic mass is 31.2. The number of para-hydroxylation sites is 1. The van der Waals surface area contributed by atoms with Gasteiger partial charge in [0.25, 0.3) is 0 Å². The zero-order valence-electron chi connectivity index (χ0n) is 16.3. The summed E-state index contributed by atoms with van der Waals surface area (Å²) in [5, 5.41) is 0. The van der Waals surface area contributed by atoms with Crippen LogP contribution in [0.15, 0.2) is 18.2 Å². The molecule has 1 rings (SSSR count). The Morgan fingerprint density at radius 3 is 2.12 bits per heavy atom. The molecule has 0 amide bonds. The maximum atomic E-state index is 12.2. The van der Waals surface area contributed by atoms with Gasteiger partial charge in [0.05, 0.1) is 26.4 Å². The van der Waals surface area contributed by atoms with Crippen molar-refractivity contribution in [2.24, 2.45) is 0 Å². The van der Waals surface area contributed by atoms with Crippen LogP contribution in [-0.2, 0) is 22.9 Å². The SMILES string of the molecule is CCOP(=O)(OCC)OCCN(CC)CC(=O)Oc1c(C)cccc1C. The van der Waals surface area contributed by atoms with Gasteiger partial charge in [0.2, 0.25) is 0 Å². The molecule has 0 heterocycles. The molecule has 1 aromatic rings. The molecule has 0 N–H and O–H groups in total. The molecular weight excluding hydrogens is 357 g/mol. The maximum Gasteiger partial charge on any atom is 0.474 e. The number of benzene rings is 1. The second kappa shape index (κ2) is 11.5. The van der Waals surface area contributed by atoms with E-state index in [4.69, 9.17) is 18.3 Å². The van der Waals surface area contributed by atoms with Crippen molar-refractivity contribution < 1.29 is 27.7 Å². The number of rotatable bonds is 12. The average molecular weight is 387 g/mol. The molecule has 1 aromatic carbocycles. The van der Waals surface area contributed by atoms with Crippen LogP contribution in [0, 0.1) is 13.8 Å². The number of likely N-dealkylation sites (N-methyl/N-ethyl adjacent to an activating group) is 1. The first-order valence-electron chi connectivity index (χ1n) is 8.88. The summed E-state index contributed by atoms with van der Waals surface area (Å²) in [6.45, 7) is 10.9. The highest BCUT2D eigenvalue weighted by Gasteiger charge is 2.25. The van der Waals surface area contributed by atoms with Crippen LogP contribution < -0.4 is 4.74 Å². The Kier molecular flexibility index (Phi) is 10.1. The van der Waals surface area contributed by atoms with Gasteiger partial charge in [0, 0.05) is 6.54 Å². The van der Waals surface area contributed by atoms with Crippen LogP contribution in [0.1, 0.15) is 31.9 Å². The molecule has 26 heavy (non-hydrogen) atoms. The van der Waals surface area contributed by atoms with E-state index in [1.165, 1.54) is 0 Å². The van der Waals surface area contributed by atoms with E-state index < -0.39 is 7.82 Å². The molecule has 0 fully saturated rings. The van der Waals surface area contributed by atoms with E-state index in [1.807, 2.05) is 43.9 Å². The normalized spacial score (nSPS) is 11.8. The minimum Gasteiger partial charge on any atom is -0.425 e. The lowest BCUT2D eigenvalue weighted by Gasteiger charge is -2.21. The molecule has 0 bridgehead atoms. The number of carbonyl (C=O) groups is 1. The van der Waals surface area contributed by atoms with Gasteiger partial charge in [-0.1, -0.05) is 25.1 Å². The summed E-state index contributed by atoms with van der Waals surface area (Å²) in [7, 11) is -3.53. The van der Waals surface area contributed by atoms with Crippen LogP contribution in [0.4, 0.5) is 0 Å². The zero-order chi connectivity index (χ0) is 19.6. The zero-order valence-corrected chi connectivity index (χ0v) is 17.2. The molecule has 0 unspecified atom stereocenters. The van der Waals surface area contributed by atoms with Crippen LogP contribution in [0.2, 0.25) is 0 Å². The lowest BCUT2D eigenvalue weighted by atomic mass is 10.1. The fourth-order valence-corrected chi connectivity index (χ4v) is 3.51. The second-order valence-electron chi connectivity index (χ2n) is 5.68. The molecule has 0 atom stereocenters. The molecule has 0 aliphatic rings. The summed E-state index contributed by atoms with van der Waals surface area (Å²) in [4.78, 5) is 14.1. The van der Waals surface area contributed by atoms with Crippen molar-refractivity contribution in [2.45, 2.75) is 34.6 Å². The van der Waals surface area contributed by atoms with Crippen LogP contribution in [0.5, 0.6) is 5.75 Å². The van der Waals surface area contributed by atoms with E-state index in [1.54, 1.807) is 13.8 Å². The van der Waals surface area contributed by atoms with Gasteiger partial charge in [0.1, 0.15) is 5.75 Å². The van der Waals surface area contributed by atoms with Crippen molar-refractivity contribution in [2.75, 3.05) is 39.5 Å². The first kappa shape index (κ1) is 22.8. The molecule has 0 aliphatic heterocycles. The third-order valence-corrected chi connectivity index (χ3v) is 5.30. The largest absolute Gasteiger partial charge is 0.474 e. The number of hydrogen-bond acceptors (Lipinski definition) is 7. The van der Waals surface area contributed by atoms with Crippen LogP contribution in [0.3, 0.4) is 0 Å². The Balaban J connectivity index is 2.53. The Hall–Kier alpha value is -1.24. The van der Waals surface area contributed by atoms with Gasteiger partial charge in [-0.3, -0.25) is 23.3 Å². The monoisotopic (exact) mass is 387 g/mol. The summed E-state index contributed by atoms with van der Waals surface area (Å²) >= 11 is 0. The van der Waals surface area contributed by atoms with Crippen molar-refractivity contribution >= 4 is 13.8 Å². The van der Waals surface area contributed by atoms with Gasteiger partial charge in [-0.2, -0.15) is 0 Å². The van der Waals surface area contributed by atoms with Gasteiger partial charge in [-0.05, 0) is 45.4 Å². The van der Waals surface area contributed by atoms with Crippen molar-refractivity contribution in [1.29, 1.82) is 0 Å². The maximum absolute atomic E-state index is 12.2. The van der Waals surface area contributed by atoms with Crippen LogP contribution >= 0.6 is 7.82 Å². The van der Waals surface area contributed by atoms with E-state index in [2.05, 4.69) is 0 Å². The molecule has 0 spiro atoms. The van der Waals surface area contributed by atoms with Gasteiger partial charge in [-0.15, -0.1) is 0 Å². The second-order valence-corrected chi connectivity index (χ2v) is 7.35. The van der Waals surface area contributed by atoms with E-state index >= 15 is 0 Å². The van der Waals surface area contributed by atoms with E-state index in [9.17, 15) is 9.36 Å². The minimum atomic E-state index is -3.53. The molecule has 0 saturated carbocycles. The first-order chi connectivity index (χ1) is 12.3. The summed E-state index contributed by atoms with van der Waals surface area (Å²) in [5.41, 5.74) is 1.83. The number of ether oxygens (including phenoxy) is 1. The summed E-state index contributed by atoms with van der Waals surface area (Å²) in [6, 6.07) is 5.73. The Bertz CT molecular complexity index is 591. The Morgan fingerprint density at radius 2 is 1.62 bits per heavy atom. The lowest BCUT2D eigenvalue weighted by Crippen LogP contribution is -2.34. The summed E-state index contributed by atoms with van der Waals surface area (Å²) in [5.74, 6) is 0.254. The van der Waals surface area contributed by atoms with Crippen molar-refractivity contribution in [3.05, 3.63) is 29.3 Å². The van der Waals surface area contributed by atoms with Crippen LogP contribution in [0.25, 0.3) is 0 Å². The first-order valence-corrected chi connectivity index (χ1v) is 10.3. The predicted molar refractivity (Wildman–Crippen MR) is 100 cm³/mol. The number of esters is 1. The van der Waals surface area contributed by atoms with E-state index in [-0.39, 0.29) is 32.3 Å². The topological polar surface area (TPSA) is 74.3 Å². The van der Waals surface area contributed by atoms with Crippen LogP contribution in [-0.4, -0.2) is 50.3 Å². The number of phosphoric ester groups is 1. The molecule has 0 saturated heterocycles. The lowest BCUT2D eigenvalue weighted by molar-refractivity contribution is -0.135. The molecule has 148 valence electrons. The molecule has 0 radical (unpaired) electrons. The fourth-order valence-electron chi connectivity index (χ4n) is 2.35. The number of hydrogen-bond donors (Lipinski definition) is 0. The number of nitrogens with zero attached hydrogens (tertiary/aromatic N) is 1. The molecule has 0 aliphatic carbocycles. The predicted octanol–water partition coefficient (Wildman–Crippen LogP) is 3.73. The summed E-state index contributed by atoms with van der Waals surface area (Å²) in [6.07, 6.45) is 0. The molecule has 7 nitrogen and oxygen atoms in total. The fraction of sp³-hybridized carbons (Fsp3) is 0.611. The van der Waals surface area contributed by atoms with Gasteiger partial charge < -0.3 is 4.74 Å². The van der Waals surface area contributed by atoms with Gasteiger partial charge >= 0.3 is 13.8 Å². The number of phosphoric acid groups is 1. The van der Waals surface area contributed by atoms with Gasteiger partial charge in [-0.25, -0.2) is 4.57 Å². The standard InChI is InChI=1S/C18H30NO6P/c1-6-19(12-13-24-26(21,22-7-2)23-8-3)14-17(20)25-18-15(4)10-9-11-16(18)5/h9-11H,6-8,12-14H2,1-5H3. The van der Waals surface area contributed by atoms with Crippen molar-refractivity contribution in [1.82, 2.24) is 4.90 Å². The third kappa shape index (κ3) is 7.56. The number of aryl methyl sites for hydroxylation is 2. The van der Waals surface area contributed by atoms with Crippen molar-refractivity contribution in [3.63, 3.8) is 0 Å². The smallest absolute Gasteiger partial charge is 0.425 e. The number of carbonyl (C=O) groups excluding carboxylic acids is 1. The van der Waals surface area contributed by atoms with Crippen molar-refractivity contribution in [3.8, 4) is 5.75 Å². The van der Waals surface area contributed by atoms with E-state index in [0.29, 0.717) is 18.8 Å².